The van der Waals surface area contributed by atoms with Crippen LogP contribution in [0.4, 0.5) is 5.69 Å². The molecule has 2 N–H and O–H groups in total. The van der Waals surface area contributed by atoms with E-state index in [4.69, 9.17) is 14.5 Å². The van der Waals surface area contributed by atoms with Crippen LogP contribution in [0.25, 0.3) is 22.8 Å². The average Bonchev–Trinajstić information content (AvgIpc) is 3.55. The van der Waals surface area contributed by atoms with Gasteiger partial charge in [0.1, 0.15) is 17.2 Å². The first-order valence-electron chi connectivity index (χ1n) is 9.95. The van der Waals surface area contributed by atoms with E-state index in [2.05, 4.69) is 21.3 Å². The summed E-state index contributed by atoms with van der Waals surface area (Å²) in [6, 6.07) is 21.2. The Labute approximate surface area is 184 Å². The van der Waals surface area contributed by atoms with Crippen molar-refractivity contribution in [3.8, 4) is 28.6 Å². The van der Waals surface area contributed by atoms with Gasteiger partial charge >= 0.3 is 0 Å². The summed E-state index contributed by atoms with van der Waals surface area (Å²) in [5.41, 5.74) is 11.2. The molecule has 0 fully saturated rings. The van der Waals surface area contributed by atoms with Crippen LogP contribution in [-0.2, 0) is 0 Å². The van der Waals surface area contributed by atoms with Gasteiger partial charge < -0.3 is 9.47 Å². The van der Waals surface area contributed by atoms with Crippen LogP contribution in [0.5, 0.6) is 11.5 Å². The van der Waals surface area contributed by atoms with Crippen LogP contribution in [0.3, 0.4) is 0 Å². The first-order valence-corrected chi connectivity index (χ1v) is 9.95. The Balaban J connectivity index is 1.37. The first kappa shape index (κ1) is 19.6. The molecule has 0 radical (unpaired) electrons. The van der Waals surface area contributed by atoms with Crippen LogP contribution in [0, 0.1) is 0 Å². The minimum atomic E-state index is 0.682. The molecule has 2 aromatic carbocycles. The number of hydrogen-bond acceptors (Lipinski definition) is 8. The maximum atomic E-state index is 5.22. The van der Waals surface area contributed by atoms with E-state index in [1.54, 1.807) is 18.9 Å². The summed E-state index contributed by atoms with van der Waals surface area (Å²) in [6.07, 6.45) is 3.80. The fourth-order valence-electron chi connectivity index (χ4n) is 3.30. The van der Waals surface area contributed by atoms with E-state index >= 15 is 0 Å². The smallest absolute Gasteiger partial charge is 0.131 e. The number of anilines is 1. The molecule has 160 valence electrons. The highest BCUT2D eigenvalue weighted by Crippen LogP contribution is 2.24. The van der Waals surface area contributed by atoms with Crippen LogP contribution in [0.1, 0.15) is 5.69 Å². The van der Waals surface area contributed by atoms with Gasteiger partial charge in [-0.2, -0.15) is 0 Å². The maximum absolute atomic E-state index is 5.22. The highest BCUT2D eigenvalue weighted by molar-refractivity contribution is 5.69. The first-order chi connectivity index (χ1) is 15.7. The van der Waals surface area contributed by atoms with Crippen LogP contribution in [0.2, 0.25) is 0 Å². The summed E-state index contributed by atoms with van der Waals surface area (Å²) < 4.78 is 12.1. The summed E-state index contributed by atoms with van der Waals surface area (Å²) in [5, 5.41) is 10.4. The highest BCUT2D eigenvalue weighted by atomic mass is 16.5. The van der Waals surface area contributed by atoms with Crippen LogP contribution < -0.4 is 25.4 Å². The molecule has 1 aliphatic rings. The van der Waals surface area contributed by atoms with Crippen molar-refractivity contribution in [2.45, 2.75) is 0 Å². The van der Waals surface area contributed by atoms with Crippen LogP contribution in [-0.4, -0.2) is 34.2 Å². The lowest BCUT2D eigenvalue weighted by atomic mass is 10.2. The topological polar surface area (TPSA) is 89.4 Å². The molecular weight excluding hydrogens is 406 g/mol. The zero-order valence-corrected chi connectivity index (χ0v) is 17.6. The molecule has 9 nitrogen and oxygen atoms in total. The van der Waals surface area contributed by atoms with Crippen molar-refractivity contribution in [2.75, 3.05) is 19.2 Å². The Morgan fingerprint density at radius 1 is 0.750 bits per heavy atom. The molecule has 0 atom stereocenters. The van der Waals surface area contributed by atoms with E-state index in [1.807, 2.05) is 84.1 Å². The summed E-state index contributed by atoms with van der Waals surface area (Å²) in [5.74, 6) is 1.60. The number of pyridine rings is 1. The highest BCUT2D eigenvalue weighted by Gasteiger charge is 2.16. The third-order valence-electron chi connectivity index (χ3n) is 5.04. The quantitative estimate of drug-likeness (QED) is 0.485. The Kier molecular flexibility index (Phi) is 5.14. The second kappa shape index (κ2) is 8.40. The van der Waals surface area contributed by atoms with Crippen LogP contribution in [0.15, 0.2) is 79.1 Å². The van der Waals surface area contributed by atoms with Gasteiger partial charge in [0.25, 0.3) is 0 Å². The van der Waals surface area contributed by atoms with Crippen molar-refractivity contribution in [3.05, 3.63) is 84.8 Å². The van der Waals surface area contributed by atoms with Crippen molar-refractivity contribution in [1.82, 2.24) is 30.9 Å². The second-order valence-corrected chi connectivity index (χ2v) is 7.00. The number of rotatable bonds is 6. The normalized spacial score (nSPS) is 12.9. The largest absolute Gasteiger partial charge is 0.497 e. The van der Waals surface area contributed by atoms with Crippen molar-refractivity contribution < 1.29 is 9.47 Å². The number of aromatic nitrogens is 4. The van der Waals surface area contributed by atoms with Gasteiger partial charge in [0.2, 0.25) is 0 Å². The lowest BCUT2D eigenvalue weighted by Gasteiger charge is -2.15. The van der Waals surface area contributed by atoms with Gasteiger partial charge in [0.15, 0.2) is 0 Å². The number of hydrogen-bond donors (Lipinski definition) is 2. The number of hydrazine groups is 2. The molecule has 0 saturated carbocycles. The molecule has 5 rings (SSSR count). The number of nitrogens with one attached hydrogen (secondary N) is 2. The Hall–Kier alpha value is -4.37. The lowest BCUT2D eigenvalue weighted by molar-refractivity contribution is 0.414. The number of nitrogens with zero attached hydrogens (tertiary/aromatic N) is 5. The van der Waals surface area contributed by atoms with Gasteiger partial charge in [-0.15, -0.1) is 10.6 Å². The molecule has 0 saturated heterocycles. The van der Waals surface area contributed by atoms with Crippen molar-refractivity contribution in [3.63, 3.8) is 0 Å². The zero-order chi connectivity index (χ0) is 21.9. The third-order valence-corrected chi connectivity index (χ3v) is 5.04. The summed E-state index contributed by atoms with van der Waals surface area (Å²) in [4.78, 5) is 4.76. The van der Waals surface area contributed by atoms with Gasteiger partial charge in [0.05, 0.1) is 55.1 Å². The van der Waals surface area contributed by atoms with Crippen molar-refractivity contribution >= 4 is 11.4 Å². The predicted molar refractivity (Wildman–Crippen MR) is 121 cm³/mol. The molecule has 0 spiro atoms. The Morgan fingerprint density at radius 2 is 1.41 bits per heavy atom. The molecule has 0 bridgehead atoms. The van der Waals surface area contributed by atoms with Crippen molar-refractivity contribution in [2.24, 2.45) is 0 Å². The minimum absolute atomic E-state index is 0.682. The van der Waals surface area contributed by atoms with Gasteiger partial charge in [-0.3, -0.25) is 10.4 Å². The second-order valence-electron chi connectivity index (χ2n) is 7.00. The number of methoxy groups -OCH3 is 2. The van der Waals surface area contributed by atoms with Gasteiger partial charge in [0, 0.05) is 0 Å². The Bertz CT molecular complexity index is 1250. The minimum Gasteiger partial charge on any atom is -0.497 e. The molecular formula is C23H21N7O2. The monoisotopic (exact) mass is 427 g/mol. The molecule has 0 aliphatic carbocycles. The molecule has 4 aromatic rings. The molecule has 0 amide bonds. The molecule has 0 unspecified atom stereocenters. The van der Waals surface area contributed by atoms with Crippen LogP contribution >= 0.6 is 0 Å². The summed E-state index contributed by atoms with van der Waals surface area (Å²) in [7, 11) is 3.29. The van der Waals surface area contributed by atoms with E-state index in [1.165, 1.54) is 0 Å². The van der Waals surface area contributed by atoms with E-state index in [-0.39, 0.29) is 0 Å². The van der Waals surface area contributed by atoms with Gasteiger partial charge in [-0.25, -0.2) is 9.67 Å². The summed E-state index contributed by atoms with van der Waals surface area (Å²) >= 11 is 0. The van der Waals surface area contributed by atoms with E-state index in [9.17, 15) is 0 Å². The lowest BCUT2D eigenvalue weighted by Crippen LogP contribution is -2.36. The zero-order valence-electron chi connectivity index (χ0n) is 17.6. The maximum Gasteiger partial charge on any atom is 0.131 e. The molecule has 32 heavy (non-hydrogen) atoms. The van der Waals surface area contributed by atoms with Gasteiger partial charge in [-0.05, 0) is 60.7 Å². The molecule has 2 aromatic heterocycles. The van der Waals surface area contributed by atoms with E-state index in [0.29, 0.717) is 5.69 Å². The molecule has 3 heterocycles. The SMILES string of the molecule is COc1ccc(N2C=C(c3cccc(-c4cn(-c5ccc(OC)cc5)nn4)n3)NN2)cc1. The Morgan fingerprint density at radius 3 is 2.09 bits per heavy atom. The van der Waals surface area contributed by atoms with E-state index < -0.39 is 0 Å². The molecule has 9 heteroatoms. The fourth-order valence-corrected chi connectivity index (χ4v) is 3.30. The molecule has 1 aliphatic heterocycles. The number of benzene rings is 2. The standard InChI is InChI=1S/C23H21N7O2/c1-31-18-10-6-16(7-11-18)29-14-22(25-27-29)20-4-3-5-21(24-20)23-15-30(28-26-23)17-8-12-19(32-2)13-9-17/h3-15,25,27H,1-2H3. The average molecular weight is 427 g/mol. The van der Waals surface area contributed by atoms with E-state index in [0.717, 1.165) is 40.0 Å². The van der Waals surface area contributed by atoms with Crippen molar-refractivity contribution in [1.29, 1.82) is 0 Å². The number of ether oxygens (including phenoxy) is 2. The fraction of sp³-hybridized carbons (Fsp3) is 0.0870. The summed E-state index contributed by atoms with van der Waals surface area (Å²) in [6.45, 7) is 0. The van der Waals surface area contributed by atoms with Gasteiger partial charge in [-0.1, -0.05) is 11.3 Å². The third kappa shape index (κ3) is 3.84. The predicted octanol–water partition coefficient (Wildman–Crippen LogP) is 3.17.